The third kappa shape index (κ3) is 9.04. The van der Waals surface area contributed by atoms with Crippen molar-refractivity contribution < 1.29 is 9.53 Å². The normalized spacial score (nSPS) is 9.76. The number of amides is 1. The second-order valence-electron chi connectivity index (χ2n) is 6.87. The number of nitrogens with zero attached hydrogens (tertiary/aromatic N) is 2. The molecule has 0 spiro atoms. The molecule has 156 valence electrons. The van der Waals surface area contributed by atoms with Gasteiger partial charge in [0.15, 0.2) is 0 Å². The molecule has 29 heavy (non-hydrogen) atoms. The maximum atomic E-state index is 12.3. The van der Waals surface area contributed by atoms with E-state index in [1.54, 1.807) is 11.1 Å². The van der Waals surface area contributed by atoms with Crippen molar-refractivity contribution in [2.45, 2.75) is 60.1 Å². The van der Waals surface area contributed by atoms with Gasteiger partial charge in [-0.1, -0.05) is 38.8 Å². The predicted molar refractivity (Wildman–Crippen MR) is 120 cm³/mol. The van der Waals surface area contributed by atoms with E-state index in [-0.39, 0.29) is 6.09 Å². The summed E-state index contributed by atoms with van der Waals surface area (Å²) in [5, 5.41) is 0. The second kappa shape index (κ2) is 13.1. The summed E-state index contributed by atoms with van der Waals surface area (Å²) < 4.78 is 5.47. The van der Waals surface area contributed by atoms with Gasteiger partial charge in [-0.25, -0.2) is 9.78 Å². The molecular formula is C24H33N3O2. The highest BCUT2D eigenvalue weighted by Crippen LogP contribution is 2.19. The number of benzene rings is 1. The zero-order chi connectivity index (χ0) is 22.4. The number of aromatic amines is 1. The lowest BCUT2D eigenvalue weighted by molar-refractivity contribution is 0.0229. The molecule has 0 fully saturated rings. The molecule has 0 radical (unpaired) electrons. The first-order chi connectivity index (χ1) is 13.8. The molecule has 1 amide bonds. The number of ether oxygens (including phenoxy) is 1. The van der Waals surface area contributed by atoms with Crippen LogP contribution in [0.3, 0.4) is 0 Å². The molecule has 0 aliphatic heterocycles. The SMILES string of the molecule is C#C.C#Cc1ccc(-c2cnc(CN(CCC)C(=O)OC(C)(C)C)[nH]2)cc1.CC. The second-order valence-corrected chi connectivity index (χ2v) is 6.87. The molecule has 2 aromatic rings. The number of hydrogen-bond donors (Lipinski definition) is 1. The van der Waals surface area contributed by atoms with Gasteiger partial charge < -0.3 is 14.6 Å². The molecule has 1 aromatic heterocycles. The first-order valence-corrected chi connectivity index (χ1v) is 9.74. The van der Waals surface area contributed by atoms with Gasteiger partial charge in [0.05, 0.1) is 18.4 Å². The van der Waals surface area contributed by atoms with Crippen LogP contribution < -0.4 is 0 Å². The number of H-pyrrole nitrogens is 1. The van der Waals surface area contributed by atoms with E-state index in [4.69, 9.17) is 11.2 Å². The zero-order valence-electron chi connectivity index (χ0n) is 18.5. The third-order valence-electron chi connectivity index (χ3n) is 3.48. The number of nitrogens with one attached hydrogen (secondary N) is 1. The van der Waals surface area contributed by atoms with E-state index < -0.39 is 5.60 Å². The van der Waals surface area contributed by atoms with Gasteiger partial charge in [0.25, 0.3) is 0 Å². The van der Waals surface area contributed by atoms with E-state index in [0.717, 1.165) is 29.1 Å². The molecule has 0 aliphatic carbocycles. The van der Waals surface area contributed by atoms with Crippen molar-refractivity contribution in [2.75, 3.05) is 6.54 Å². The fourth-order valence-corrected chi connectivity index (χ4v) is 2.35. The van der Waals surface area contributed by atoms with Gasteiger partial charge in [0.1, 0.15) is 11.4 Å². The maximum Gasteiger partial charge on any atom is 0.410 e. The van der Waals surface area contributed by atoms with Crippen molar-refractivity contribution in [1.82, 2.24) is 14.9 Å². The molecule has 5 nitrogen and oxygen atoms in total. The fraction of sp³-hybridized carbons (Fsp3) is 0.417. The summed E-state index contributed by atoms with van der Waals surface area (Å²) in [5.41, 5.74) is 2.20. The van der Waals surface area contributed by atoms with E-state index in [2.05, 4.69) is 28.7 Å². The maximum absolute atomic E-state index is 12.3. The van der Waals surface area contributed by atoms with Gasteiger partial charge in [0.2, 0.25) is 0 Å². The minimum absolute atomic E-state index is 0.328. The van der Waals surface area contributed by atoms with Crippen LogP contribution in [0.1, 0.15) is 59.4 Å². The van der Waals surface area contributed by atoms with Gasteiger partial charge >= 0.3 is 6.09 Å². The first-order valence-electron chi connectivity index (χ1n) is 9.74. The Labute approximate surface area is 175 Å². The largest absolute Gasteiger partial charge is 0.444 e. The Morgan fingerprint density at radius 3 is 2.28 bits per heavy atom. The lowest BCUT2D eigenvalue weighted by atomic mass is 10.1. The molecule has 1 N–H and O–H groups in total. The highest BCUT2D eigenvalue weighted by Gasteiger charge is 2.22. The van der Waals surface area contributed by atoms with E-state index >= 15 is 0 Å². The Morgan fingerprint density at radius 2 is 1.79 bits per heavy atom. The molecule has 5 heteroatoms. The molecule has 0 bridgehead atoms. The van der Waals surface area contributed by atoms with Crippen molar-refractivity contribution in [2.24, 2.45) is 0 Å². The fourth-order valence-electron chi connectivity index (χ4n) is 2.35. The summed E-state index contributed by atoms with van der Waals surface area (Å²) in [5.74, 6) is 3.32. The molecule has 0 saturated heterocycles. The molecule has 0 atom stereocenters. The Bertz CT molecular complexity index is 790. The summed E-state index contributed by atoms with van der Waals surface area (Å²) in [6, 6.07) is 7.67. The van der Waals surface area contributed by atoms with Crippen molar-refractivity contribution in [3.05, 3.63) is 41.9 Å². The van der Waals surface area contributed by atoms with E-state index in [9.17, 15) is 4.79 Å². The Kier molecular flexibility index (Phi) is 11.6. The van der Waals surface area contributed by atoms with Crippen LogP contribution in [0, 0.1) is 25.2 Å². The topological polar surface area (TPSA) is 58.2 Å². The Morgan fingerprint density at radius 1 is 1.21 bits per heavy atom. The molecule has 0 unspecified atom stereocenters. The summed E-state index contributed by atoms with van der Waals surface area (Å²) in [6.45, 7) is 12.6. The summed E-state index contributed by atoms with van der Waals surface area (Å²) in [6.07, 6.45) is 15.7. The third-order valence-corrected chi connectivity index (χ3v) is 3.48. The minimum atomic E-state index is -0.518. The van der Waals surface area contributed by atoms with Crippen LogP contribution in [0.2, 0.25) is 0 Å². The highest BCUT2D eigenvalue weighted by molar-refractivity contribution is 5.68. The quantitative estimate of drug-likeness (QED) is 0.682. The Hall–Kier alpha value is -3.18. The molecular weight excluding hydrogens is 362 g/mol. The average Bonchev–Trinajstić information content (AvgIpc) is 3.18. The van der Waals surface area contributed by atoms with Crippen molar-refractivity contribution in [1.29, 1.82) is 0 Å². The minimum Gasteiger partial charge on any atom is -0.444 e. The summed E-state index contributed by atoms with van der Waals surface area (Å²) >= 11 is 0. The van der Waals surface area contributed by atoms with Crippen molar-refractivity contribution in [3.8, 4) is 36.4 Å². The van der Waals surface area contributed by atoms with Gasteiger partial charge in [-0.15, -0.1) is 19.3 Å². The summed E-state index contributed by atoms with van der Waals surface area (Å²) in [7, 11) is 0. The number of carbonyl (C=O) groups is 1. The van der Waals surface area contributed by atoms with Crippen LogP contribution in [0.4, 0.5) is 4.79 Å². The first kappa shape index (κ1) is 25.8. The Balaban J connectivity index is 0.00000184. The van der Waals surface area contributed by atoms with E-state index in [1.807, 2.05) is 65.8 Å². The standard InChI is InChI=1S/C20H25N3O2.C2H6.C2H2/c1-6-12-23(19(24)25-20(3,4)5)14-18-21-13-17(22-18)16-10-8-15(7-2)9-11-16;2*1-2/h2,8-11,13H,6,12,14H2,1,3-5H3,(H,21,22);1-2H3;1-2H. The van der Waals surface area contributed by atoms with Gasteiger partial charge in [-0.3, -0.25) is 0 Å². The number of imidazole rings is 1. The average molecular weight is 396 g/mol. The summed E-state index contributed by atoms with van der Waals surface area (Å²) in [4.78, 5) is 21.7. The number of rotatable bonds is 5. The number of carbonyl (C=O) groups excluding carboxylic acids is 1. The van der Waals surface area contributed by atoms with E-state index in [1.165, 1.54) is 0 Å². The molecule has 1 heterocycles. The van der Waals surface area contributed by atoms with Crippen LogP contribution in [-0.2, 0) is 11.3 Å². The van der Waals surface area contributed by atoms with Crippen LogP contribution in [0.5, 0.6) is 0 Å². The van der Waals surface area contributed by atoms with Crippen molar-refractivity contribution >= 4 is 6.09 Å². The van der Waals surface area contributed by atoms with Crippen LogP contribution in [0.25, 0.3) is 11.3 Å². The molecule has 1 aromatic carbocycles. The highest BCUT2D eigenvalue weighted by atomic mass is 16.6. The lowest BCUT2D eigenvalue weighted by Gasteiger charge is -2.26. The molecule has 0 saturated carbocycles. The number of terminal acetylenes is 2. The van der Waals surface area contributed by atoms with Gasteiger partial charge in [-0.05, 0) is 44.9 Å². The smallest absolute Gasteiger partial charge is 0.410 e. The van der Waals surface area contributed by atoms with Gasteiger partial charge in [0, 0.05) is 12.1 Å². The van der Waals surface area contributed by atoms with Gasteiger partial charge in [-0.2, -0.15) is 0 Å². The lowest BCUT2D eigenvalue weighted by Crippen LogP contribution is -2.37. The number of hydrogen-bond acceptors (Lipinski definition) is 3. The number of aromatic nitrogens is 2. The van der Waals surface area contributed by atoms with E-state index in [0.29, 0.717) is 13.1 Å². The van der Waals surface area contributed by atoms with Crippen molar-refractivity contribution in [3.63, 3.8) is 0 Å². The predicted octanol–water partition coefficient (Wildman–Crippen LogP) is 5.48. The van der Waals surface area contributed by atoms with Crippen LogP contribution >= 0.6 is 0 Å². The molecule has 0 aliphatic rings. The molecule has 2 rings (SSSR count). The van der Waals surface area contributed by atoms with Crippen LogP contribution in [-0.4, -0.2) is 33.1 Å². The monoisotopic (exact) mass is 395 g/mol. The zero-order valence-corrected chi connectivity index (χ0v) is 18.5. The van der Waals surface area contributed by atoms with Crippen LogP contribution in [0.15, 0.2) is 30.5 Å².